The summed E-state index contributed by atoms with van der Waals surface area (Å²) >= 11 is 0. The lowest BCUT2D eigenvalue weighted by molar-refractivity contribution is -0.143. The van der Waals surface area contributed by atoms with Crippen LogP contribution in [0.15, 0.2) is 0 Å². The van der Waals surface area contributed by atoms with Gasteiger partial charge >= 0.3 is 0 Å². The lowest BCUT2D eigenvalue weighted by atomic mass is 9.44. The van der Waals surface area contributed by atoms with Crippen molar-refractivity contribution in [2.24, 2.45) is 40.4 Å². The van der Waals surface area contributed by atoms with Crippen LogP contribution in [0, 0.1) is 40.4 Å². The van der Waals surface area contributed by atoms with E-state index in [0.717, 1.165) is 32.1 Å². The summed E-state index contributed by atoms with van der Waals surface area (Å²) in [5, 5.41) is 0. The second-order valence-electron chi connectivity index (χ2n) is 9.96. The Hall–Kier alpha value is -0.770. The van der Waals surface area contributed by atoms with Crippen LogP contribution in [0.4, 0.5) is 4.39 Å². The van der Waals surface area contributed by atoms with Gasteiger partial charge in [-0.1, -0.05) is 13.8 Å². The first-order valence-corrected chi connectivity index (χ1v) is 9.74. The molecule has 6 rings (SSSR count). The summed E-state index contributed by atoms with van der Waals surface area (Å²) in [6.45, 7) is 4.39. The Labute approximate surface area is 141 Å². The molecule has 1 saturated heterocycles. The van der Waals surface area contributed by atoms with Gasteiger partial charge in [0.1, 0.15) is 11.7 Å². The van der Waals surface area contributed by atoms with E-state index in [4.69, 9.17) is 4.74 Å². The van der Waals surface area contributed by atoms with E-state index in [9.17, 15) is 14.0 Å². The number of carbonyl (C=O) groups excluding carboxylic acids is 2. The highest BCUT2D eigenvalue weighted by Crippen LogP contribution is 2.78. The standard InChI is InChI=1S/C20H25FO3/c1-18-5-4-11-9(12(18)8-14(21)16(18)23)3-6-20-17(24-20)15(22)10-7-13(10)19(11,20)2/h9-14,17H,3-8H2,1-2H3/t9-,10+,11+,12+,13?,14-,17?,18+,19+,20?/m1/s1. The van der Waals surface area contributed by atoms with Gasteiger partial charge in [0.25, 0.3) is 0 Å². The van der Waals surface area contributed by atoms with Crippen LogP contribution in [0.2, 0.25) is 0 Å². The van der Waals surface area contributed by atoms with Gasteiger partial charge in [0.15, 0.2) is 17.7 Å². The molecule has 5 saturated carbocycles. The van der Waals surface area contributed by atoms with Gasteiger partial charge in [-0.3, -0.25) is 9.59 Å². The fourth-order valence-electron chi connectivity index (χ4n) is 8.17. The molecule has 6 aliphatic rings. The molecule has 0 aromatic heterocycles. The average molecular weight is 332 g/mol. The maximum absolute atomic E-state index is 14.3. The second kappa shape index (κ2) is 3.82. The Morgan fingerprint density at radius 3 is 2.62 bits per heavy atom. The van der Waals surface area contributed by atoms with Gasteiger partial charge in [0.05, 0.1) is 0 Å². The monoisotopic (exact) mass is 332 g/mol. The van der Waals surface area contributed by atoms with Crippen LogP contribution in [0.3, 0.4) is 0 Å². The number of Topliss-reactive ketones (excluding diaryl/α,β-unsaturated/α-hetero) is 2. The molecule has 130 valence electrons. The van der Waals surface area contributed by atoms with E-state index in [1.54, 1.807) is 0 Å². The van der Waals surface area contributed by atoms with E-state index in [1.807, 2.05) is 6.92 Å². The minimum Gasteiger partial charge on any atom is -0.357 e. The molecule has 5 aliphatic carbocycles. The smallest absolute Gasteiger partial charge is 0.173 e. The molecule has 1 heterocycles. The molecule has 3 unspecified atom stereocenters. The first kappa shape index (κ1) is 14.4. The highest BCUT2D eigenvalue weighted by molar-refractivity contribution is 5.94. The predicted molar refractivity (Wildman–Crippen MR) is 83.9 cm³/mol. The molecule has 0 aromatic carbocycles. The number of alkyl halides is 1. The highest BCUT2D eigenvalue weighted by atomic mass is 19.1. The largest absolute Gasteiger partial charge is 0.357 e. The lowest BCUT2D eigenvalue weighted by Gasteiger charge is -2.58. The number of halogens is 1. The van der Waals surface area contributed by atoms with E-state index in [-0.39, 0.29) is 34.7 Å². The van der Waals surface area contributed by atoms with Crippen molar-refractivity contribution in [3.8, 4) is 0 Å². The van der Waals surface area contributed by atoms with Crippen molar-refractivity contribution in [1.82, 2.24) is 0 Å². The van der Waals surface area contributed by atoms with E-state index >= 15 is 0 Å². The molecule has 0 bridgehead atoms. The van der Waals surface area contributed by atoms with E-state index in [2.05, 4.69) is 6.92 Å². The molecular formula is C20H25FO3. The van der Waals surface area contributed by atoms with E-state index < -0.39 is 11.6 Å². The average Bonchev–Trinajstić information content (AvgIpc) is 3.44. The second-order valence-corrected chi connectivity index (χ2v) is 9.96. The van der Waals surface area contributed by atoms with Crippen LogP contribution in [0.1, 0.15) is 52.4 Å². The third-order valence-electron chi connectivity index (χ3n) is 9.55. The Bertz CT molecular complexity index is 690. The summed E-state index contributed by atoms with van der Waals surface area (Å²) in [6, 6.07) is 0. The third kappa shape index (κ3) is 1.25. The van der Waals surface area contributed by atoms with Gasteiger partial charge in [-0.15, -0.1) is 0 Å². The molecule has 6 fully saturated rings. The van der Waals surface area contributed by atoms with Crippen molar-refractivity contribution in [3.05, 3.63) is 0 Å². The van der Waals surface area contributed by atoms with Crippen LogP contribution >= 0.6 is 0 Å². The molecule has 24 heavy (non-hydrogen) atoms. The fraction of sp³-hybridized carbons (Fsp3) is 0.900. The zero-order chi connectivity index (χ0) is 16.6. The van der Waals surface area contributed by atoms with Crippen LogP contribution < -0.4 is 0 Å². The first-order valence-electron chi connectivity index (χ1n) is 9.74. The van der Waals surface area contributed by atoms with Gasteiger partial charge in [-0.2, -0.15) is 0 Å². The number of rotatable bonds is 0. The topological polar surface area (TPSA) is 46.7 Å². The summed E-state index contributed by atoms with van der Waals surface area (Å²) in [5.41, 5.74) is -0.592. The van der Waals surface area contributed by atoms with Gasteiger partial charge in [0.2, 0.25) is 0 Å². The maximum atomic E-state index is 14.3. The Morgan fingerprint density at radius 1 is 1.04 bits per heavy atom. The van der Waals surface area contributed by atoms with E-state index in [0.29, 0.717) is 30.0 Å². The van der Waals surface area contributed by atoms with Crippen LogP contribution in [-0.2, 0) is 14.3 Å². The van der Waals surface area contributed by atoms with Crippen LogP contribution in [0.5, 0.6) is 0 Å². The number of hydrogen-bond donors (Lipinski definition) is 0. The normalized spacial score (nSPS) is 66.0. The minimum absolute atomic E-state index is 0.0674. The number of carbonyl (C=O) groups is 2. The summed E-state index contributed by atoms with van der Waals surface area (Å²) in [6.07, 6.45) is 3.81. The van der Waals surface area contributed by atoms with Crippen molar-refractivity contribution < 1.29 is 18.7 Å². The zero-order valence-corrected chi connectivity index (χ0v) is 14.4. The van der Waals surface area contributed by atoms with Gasteiger partial charge in [-0.05, 0) is 62.2 Å². The van der Waals surface area contributed by atoms with Crippen molar-refractivity contribution in [2.75, 3.05) is 0 Å². The quantitative estimate of drug-likeness (QED) is 0.640. The first-order chi connectivity index (χ1) is 11.3. The number of epoxide rings is 1. The van der Waals surface area contributed by atoms with Crippen LogP contribution in [0.25, 0.3) is 0 Å². The molecule has 3 nitrogen and oxygen atoms in total. The van der Waals surface area contributed by atoms with Crippen molar-refractivity contribution in [2.45, 2.75) is 70.2 Å². The number of ether oxygens (including phenoxy) is 1. The summed E-state index contributed by atoms with van der Waals surface area (Å²) in [7, 11) is 0. The summed E-state index contributed by atoms with van der Waals surface area (Å²) in [4.78, 5) is 24.9. The highest BCUT2D eigenvalue weighted by Gasteiger charge is 2.84. The predicted octanol–water partition coefficient (Wildman–Crippen LogP) is 3.10. The Kier molecular flexibility index (Phi) is 2.29. The fourth-order valence-corrected chi connectivity index (χ4v) is 8.17. The molecule has 0 radical (unpaired) electrons. The molecule has 10 atom stereocenters. The summed E-state index contributed by atoms with van der Waals surface area (Å²) < 4.78 is 20.4. The van der Waals surface area contributed by atoms with Gasteiger partial charge in [-0.25, -0.2) is 4.39 Å². The van der Waals surface area contributed by atoms with Crippen molar-refractivity contribution in [3.63, 3.8) is 0 Å². The van der Waals surface area contributed by atoms with Crippen molar-refractivity contribution in [1.29, 1.82) is 0 Å². The Balaban J connectivity index is 1.42. The number of ketones is 2. The Morgan fingerprint density at radius 2 is 1.83 bits per heavy atom. The third-order valence-corrected chi connectivity index (χ3v) is 9.55. The van der Waals surface area contributed by atoms with Gasteiger partial charge in [0, 0.05) is 16.7 Å². The molecule has 1 spiro atoms. The molecule has 4 heteroatoms. The zero-order valence-electron chi connectivity index (χ0n) is 14.4. The maximum Gasteiger partial charge on any atom is 0.173 e. The molecule has 1 aliphatic heterocycles. The van der Waals surface area contributed by atoms with E-state index in [1.165, 1.54) is 0 Å². The minimum atomic E-state index is -1.26. The molecule has 0 N–H and O–H groups in total. The van der Waals surface area contributed by atoms with Crippen LogP contribution in [-0.4, -0.2) is 29.4 Å². The van der Waals surface area contributed by atoms with Crippen molar-refractivity contribution >= 4 is 11.6 Å². The molecular weight excluding hydrogens is 307 g/mol. The summed E-state index contributed by atoms with van der Waals surface area (Å²) in [5.74, 6) is 2.04. The number of hydrogen-bond acceptors (Lipinski definition) is 3. The molecule has 0 aromatic rings. The number of fused-ring (bicyclic) bond motifs is 6. The SMILES string of the molecule is C[C@]12CC[C@H]3[C@@H](CCC45OC4C(=O)[C@H]4CC4[C@]35C)[C@@H]1C[C@@H](F)C2=O. The molecule has 0 amide bonds. The lowest BCUT2D eigenvalue weighted by Crippen LogP contribution is -2.59. The van der Waals surface area contributed by atoms with Gasteiger partial charge < -0.3 is 4.74 Å².